The van der Waals surface area contributed by atoms with Gasteiger partial charge in [0.2, 0.25) is 0 Å². The zero-order chi connectivity index (χ0) is 17.1. The van der Waals surface area contributed by atoms with E-state index >= 15 is 0 Å². The van der Waals surface area contributed by atoms with Gasteiger partial charge in [0.15, 0.2) is 5.13 Å². The van der Waals surface area contributed by atoms with E-state index in [1.807, 2.05) is 60.0 Å². The second kappa shape index (κ2) is 6.70. The molecule has 0 saturated carbocycles. The minimum atomic E-state index is -0.179. The molecule has 2 aromatic carbocycles. The van der Waals surface area contributed by atoms with Gasteiger partial charge in [-0.05, 0) is 23.8 Å². The molecule has 0 atom stereocenters. The monoisotopic (exact) mass is 346 g/mol. The van der Waals surface area contributed by atoms with Gasteiger partial charge < -0.3 is 0 Å². The van der Waals surface area contributed by atoms with Crippen LogP contribution in [0.4, 0.5) is 5.13 Å². The maximum atomic E-state index is 12.5. The van der Waals surface area contributed by atoms with Gasteiger partial charge in [-0.1, -0.05) is 42.5 Å². The lowest BCUT2D eigenvalue weighted by molar-refractivity contribution is 0.102. The SMILES string of the molecule is O=C(Nc1nccs1)c1ccccc1C=Cc1n[nH]c2ccccc12. The minimum absolute atomic E-state index is 0.179. The predicted molar refractivity (Wildman–Crippen MR) is 102 cm³/mol. The molecule has 0 aliphatic rings. The van der Waals surface area contributed by atoms with Crippen molar-refractivity contribution in [2.24, 2.45) is 0 Å². The predicted octanol–water partition coefficient (Wildman–Crippen LogP) is 4.44. The van der Waals surface area contributed by atoms with E-state index in [2.05, 4.69) is 20.5 Å². The third-order valence-corrected chi connectivity index (χ3v) is 4.47. The Balaban J connectivity index is 1.63. The van der Waals surface area contributed by atoms with Crippen molar-refractivity contribution in [1.82, 2.24) is 15.2 Å². The first-order valence-electron chi connectivity index (χ1n) is 7.72. The second-order valence-corrected chi connectivity index (χ2v) is 6.26. The summed E-state index contributed by atoms with van der Waals surface area (Å²) < 4.78 is 0. The highest BCUT2D eigenvalue weighted by Crippen LogP contribution is 2.20. The number of nitrogens with zero attached hydrogens (tertiary/aromatic N) is 2. The van der Waals surface area contributed by atoms with Gasteiger partial charge in [0.1, 0.15) is 0 Å². The van der Waals surface area contributed by atoms with Gasteiger partial charge in [-0.2, -0.15) is 5.10 Å². The molecule has 0 unspecified atom stereocenters. The summed E-state index contributed by atoms with van der Waals surface area (Å²) in [5.41, 5.74) is 3.24. The van der Waals surface area contributed by atoms with Crippen LogP contribution in [0.3, 0.4) is 0 Å². The highest BCUT2D eigenvalue weighted by molar-refractivity contribution is 7.13. The first kappa shape index (κ1) is 15.3. The van der Waals surface area contributed by atoms with E-state index in [9.17, 15) is 4.79 Å². The average Bonchev–Trinajstić information content (AvgIpc) is 3.30. The lowest BCUT2D eigenvalue weighted by Crippen LogP contribution is -2.12. The molecule has 25 heavy (non-hydrogen) atoms. The number of fused-ring (bicyclic) bond motifs is 1. The van der Waals surface area contributed by atoms with Crippen LogP contribution in [0.1, 0.15) is 21.6 Å². The number of thiazole rings is 1. The Morgan fingerprint density at radius 1 is 1.08 bits per heavy atom. The summed E-state index contributed by atoms with van der Waals surface area (Å²) in [7, 11) is 0. The molecule has 6 heteroatoms. The maximum absolute atomic E-state index is 12.5. The summed E-state index contributed by atoms with van der Waals surface area (Å²) in [6.45, 7) is 0. The first-order valence-corrected chi connectivity index (χ1v) is 8.60. The molecular weight excluding hydrogens is 332 g/mol. The molecule has 2 heterocycles. The fourth-order valence-electron chi connectivity index (χ4n) is 2.58. The van der Waals surface area contributed by atoms with E-state index < -0.39 is 0 Å². The van der Waals surface area contributed by atoms with Crippen molar-refractivity contribution in [3.05, 3.63) is 76.9 Å². The largest absolute Gasteiger partial charge is 0.298 e. The van der Waals surface area contributed by atoms with E-state index in [1.54, 1.807) is 12.3 Å². The van der Waals surface area contributed by atoms with Crippen molar-refractivity contribution >= 4 is 45.4 Å². The molecule has 0 spiro atoms. The Hall–Kier alpha value is -3.25. The molecule has 0 bridgehead atoms. The number of hydrogen-bond acceptors (Lipinski definition) is 4. The molecule has 0 radical (unpaired) electrons. The lowest BCUT2D eigenvalue weighted by Gasteiger charge is -2.05. The molecular formula is C19H14N4OS. The van der Waals surface area contributed by atoms with Crippen molar-refractivity contribution in [2.45, 2.75) is 0 Å². The molecule has 4 aromatic rings. The number of hydrogen-bond donors (Lipinski definition) is 2. The van der Waals surface area contributed by atoms with Crippen LogP contribution in [0.2, 0.25) is 0 Å². The third kappa shape index (κ3) is 3.20. The Morgan fingerprint density at radius 2 is 1.92 bits per heavy atom. The van der Waals surface area contributed by atoms with Crippen LogP contribution >= 0.6 is 11.3 Å². The van der Waals surface area contributed by atoms with Gasteiger partial charge in [0.25, 0.3) is 5.91 Å². The van der Waals surface area contributed by atoms with Crippen molar-refractivity contribution in [2.75, 3.05) is 5.32 Å². The number of anilines is 1. The van der Waals surface area contributed by atoms with Crippen LogP contribution < -0.4 is 5.32 Å². The number of aromatic nitrogens is 3. The van der Waals surface area contributed by atoms with Crippen molar-refractivity contribution in [3.63, 3.8) is 0 Å². The van der Waals surface area contributed by atoms with Crippen LogP contribution in [-0.2, 0) is 0 Å². The average molecular weight is 346 g/mol. The standard InChI is InChI=1S/C19H14N4OS/c24-18(21-19-20-11-12-25-19)14-6-2-1-5-13(14)9-10-17-15-7-3-4-8-16(15)22-23-17/h1-12H,(H,22,23)(H,20,21,24). The maximum Gasteiger partial charge on any atom is 0.258 e. The summed E-state index contributed by atoms with van der Waals surface area (Å²) in [5.74, 6) is -0.179. The topological polar surface area (TPSA) is 70.7 Å². The van der Waals surface area contributed by atoms with Gasteiger partial charge in [-0.15, -0.1) is 11.3 Å². The Bertz CT molecular complexity index is 1050. The second-order valence-electron chi connectivity index (χ2n) is 5.37. The first-order chi connectivity index (χ1) is 12.3. The normalized spacial score (nSPS) is 11.2. The highest BCUT2D eigenvalue weighted by Gasteiger charge is 2.11. The number of carbonyl (C=O) groups excluding carboxylic acids is 1. The lowest BCUT2D eigenvalue weighted by atomic mass is 10.1. The quantitative estimate of drug-likeness (QED) is 0.574. The fraction of sp³-hybridized carbons (Fsp3) is 0. The summed E-state index contributed by atoms with van der Waals surface area (Å²) >= 11 is 1.39. The molecule has 2 N–H and O–H groups in total. The van der Waals surface area contributed by atoms with Crippen molar-refractivity contribution in [1.29, 1.82) is 0 Å². The smallest absolute Gasteiger partial charge is 0.258 e. The molecule has 0 saturated heterocycles. The highest BCUT2D eigenvalue weighted by atomic mass is 32.1. The molecule has 5 nitrogen and oxygen atoms in total. The minimum Gasteiger partial charge on any atom is -0.298 e. The summed E-state index contributed by atoms with van der Waals surface area (Å²) in [4.78, 5) is 16.6. The number of rotatable bonds is 4. The zero-order valence-corrected chi connectivity index (χ0v) is 14.0. The summed E-state index contributed by atoms with van der Waals surface area (Å²) in [6, 6.07) is 15.4. The number of nitrogens with one attached hydrogen (secondary N) is 2. The van der Waals surface area contributed by atoms with Gasteiger partial charge in [-0.25, -0.2) is 4.98 Å². The van der Waals surface area contributed by atoms with Crippen molar-refractivity contribution in [3.8, 4) is 0 Å². The Morgan fingerprint density at radius 3 is 2.80 bits per heavy atom. The number of aromatic amines is 1. The van der Waals surface area contributed by atoms with Crippen LogP contribution in [0.15, 0.2) is 60.1 Å². The summed E-state index contributed by atoms with van der Waals surface area (Å²) in [6.07, 6.45) is 5.47. The van der Waals surface area contributed by atoms with E-state index in [0.29, 0.717) is 10.7 Å². The molecule has 4 rings (SSSR count). The Kier molecular flexibility index (Phi) is 4.10. The van der Waals surface area contributed by atoms with Crippen LogP contribution in [0, 0.1) is 0 Å². The molecule has 0 aliphatic carbocycles. The molecule has 1 amide bonds. The van der Waals surface area contributed by atoms with Crippen LogP contribution in [-0.4, -0.2) is 21.1 Å². The number of para-hydroxylation sites is 1. The Labute approximate surface area is 148 Å². The van der Waals surface area contributed by atoms with Gasteiger partial charge >= 0.3 is 0 Å². The van der Waals surface area contributed by atoms with E-state index in [1.165, 1.54) is 11.3 Å². The number of H-pyrrole nitrogens is 1. The van der Waals surface area contributed by atoms with E-state index in [0.717, 1.165) is 22.2 Å². The van der Waals surface area contributed by atoms with Gasteiger partial charge in [0, 0.05) is 22.5 Å². The van der Waals surface area contributed by atoms with Crippen LogP contribution in [0.25, 0.3) is 23.1 Å². The molecule has 122 valence electrons. The van der Waals surface area contributed by atoms with E-state index in [4.69, 9.17) is 0 Å². The molecule has 2 aromatic heterocycles. The number of carbonyl (C=O) groups is 1. The van der Waals surface area contributed by atoms with E-state index in [-0.39, 0.29) is 5.91 Å². The zero-order valence-electron chi connectivity index (χ0n) is 13.1. The number of amides is 1. The molecule has 0 aliphatic heterocycles. The van der Waals surface area contributed by atoms with Gasteiger partial charge in [-0.3, -0.25) is 15.2 Å². The number of benzene rings is 2. The molecule has 0 fully saturated rings. The van der Waals surface area contributed by atoms with Crippen molar-refractivity contribution < 1.29 is 4.79 Å². The fourth-order valence-corrected chi connectivity index (χ4v) is 3.10. The van der Waals surface area contributed by atoms with Gasteiger partial charge in [0.05, 0.1) is 11.2 Å². The van der Waals surface area contributed by atoms with Crippen LogP contribution in [0.5, 0.6) is 0 Å². The summed E-state index contributed by atoms with van der Waals surface area (Å²) in [5, 5.41) is 13.6. The third-order valence-electron chi connectivity index (χ3n) is 3.78.